The molecular weight excluding hydrogens is 428 g/mol. The molecule has 0 aliphatic rings. The van der Waals surface area contributed by atoms with Gasteiger partial charge in [-0.1, -0.05) is 36.4 Å². The molecule has 2 aromatic heterocycles. The molecule has 0 unspecified atom stereocenters. The number of sulfonamides is 1. The highest BCUT2D eigenvalue weighted by Gasteiger charge is 2.20. The fraction of sp³-hybridized carbons (Fsp3) is 0.261. The number of nitrogens with zero attached hydrogens (tertiary/aromatic N) is 3. The molecule has 0 saturated carbocycles. The van der Waals surface area contributed by atoms with Crippen LogP contribution in [0.15, 0.2) is 70.9 Å². The maximum Gasteiger partial charge on any atom is 0.242 e. The first-order valence-corrected chi connectivity index (χ1v) is 12.5. The molecule has 0 saturated heterocycles. The number of hydrogen-bond donors (Lipinski definition) is 1. The quantitative estimate of drug-likeness (QED) is 0.432. The van der Waals surface area contributed by atoms with Crippen molar-refractivity contribution in [2.24, 2.45) is 0 Å². The monoisotopic (exact) mass is 454 g/mol. The number of rotatable bonds is 8. The van der Waals surface area contributed by atoms with Gasteiger partial charge in [-0.25, -0.2) is 17.7 Å². The Labute approximate surface area is 187 Å². The van der Waals surface area contributed by atoms with Gasteiger partial charge in [-0.15, -0.1) is 11.3 Å². The van der Waals surface area contributed by atoms with Crippen LogP contribution in [0.4, 0.5) is 0 Å². The van der Waals surface area contributed by atoms with Gasteiger partial charge in [0.05, 0.1) is 28.5 Å². The number of imidazole rings is 1. The minimum absolute atomic E-state index is 0.0657. The SMILES string of the molecule is CCn1c(CN[C@H](c2ccccc2)c2cccs2)nc2cc(S(=O)(=O)N(C)C)ccc21. The molecule has 2 heterocycles. The van der Waals surface area contributed by atoms with Crippen LogP contribution in [0.3, 0.4) is 0 Å². The van der Waals surface area contributed by atoms with Gasteiger partial charge in [0, 0.05) is 25.5 Å². The van der Waals surface area contributed by atoms with Crippen LogP contribution in [-0.2, 0) is 23.1 Å². The van der Waals surface area contributed by atoms with Gasteiger partial charge in [-0.3, -0.25) is 5.32 Å². The maximum atomic E-state index is 12.5. The van der Waals surface area contributed by atoms with Crippen molar-refractivity contribution in [1.82, 2.24) is 19.2 Å². The van der Waals surface area contributed by atoms with Gasteiger partial charge in [0.1, 0.15) is 5.82 Å². The fourth-order valence-corrected chi connectivity index (χ4v) is 5.44. The van der Waals surface area contributed by atoms with Crippen LogP contribution in [0.25, 0.3) is 11.0 Å². The van der Waals surface area contributed by atoms with Crippen LogP contribution in [0.5, 0.6) is 0 Å². The highest BCUT2D eigenvalue weighted by molar-refractivity contribution is 7.89. The summed E-state index contributed by atoms with van der Waals surface area (Å²) in [4.78, 5) is 6.28. The molecule has 0 fully saturated rings. The van der Waals surface area contributed by atoms with E-state index in [1.54, 1.807) is 23.5 Å². The summed E-state index contributed by atoms with van der Waals surface area (Å²) in [7, 11) is -0.429. The van der Waals surface area contributed by atoms with E-state index < -0.39 is 10.0 Å². The van der Waals surface area contributed by atoms with Crippen LogP contribution in [-0.4, -0.2) is 36.4 Å². The summed E-state index contributed by atoms with van der Waals surface area (Å²) >= 11 is 1.72. The van der Waals surface area contributed by atoms with Crippen LogP contribution >= 0.6 is 11.3 Å². The lowest BCUT2D eigenvalue weighted by molar-refractivity contribution is 0.521. The third kappa shape index (κ3) is 4.29. The van der Waals surface area contributed by atoms with Gasteiger partial charge in [0.15, 0.2) is 0 Å². The Hall–Kier alpha value is -2.52. The molecule has 2 aromatic carbocycles. The first-order chi connectivity index (χ1) is 14.9. The Balaban J connectivity index is 1.67. The first-order valence-electron chi connectivity index (χ1n) is 10.1. The molecule has 4 aromatic rings. The van der Waals surface area contributed by atoms with Crippen molar-refractivity contribution in [3.63, 3.8) is 0 Å². The lowest BCUT2D eigenvalue weighted by atomic mass is 10.1. The second-order valence-corrected chi connectivity index (χ2v) is 10.6. The fourth-order valence-electron chi connectivity index (χ4n) is 3.70. The van der Waals surface area contributed by atoms with Crippen molar-refractivity contribution in [3.8, 4) is 0 Å². The van der Waals surface area contributed by atoms with Crippen molar-refractivity contribution in [1.29, 1.82) is 0 Å². The second kappa shape index (κ2) is 8.92. The molecule has 8 heteroatoms. The van der Waals surface area contributed by atoms with E-state index in [4.69, 9.17) is 4.98 Å². The third-order valence-electron chi connectivity index (χ3n) is 5.32. The number of thiophene rings is 1. The zero-order chi connectivity index (χ0) is 22.0. The van der Waals surface area contributed by atoms with E-state index in [-0.39, 0.29) is 10.9 Å². The molecule has 0 aliphatic heterocycles. The average molecular weight is 455 g/mol. The Kier molecular flexibility index (Phi) is 6.24. The van der Waals surface area contributed by atoms with Gasteiger partial charge >= 0.3 is 0 Å². The molecule has 4 rings (SSSR count). The standard InChI is InChI=1S/C23H26N4O2S2/c1-4-27-20-13-12-18(31(28,29)26(2)3)15-19(20)25-22(27)16-24-23(21-11-8-14-30-21)17-9-6-5-7-10-17/h5-15,23-24H,4,16H2,1-3H3/t23-/m1/s1. The van der Waals surface area contributed by atoms with E-state index in [9.17, 15) is 8.42 Å². The molecule has 1 N–H and O–H groups in total. The van der Waals surface area contributed by atoms with Gasteiger partial charge in [0.2, 0.25) is 10.0 Å². The highest BCUT2D eigenvalue weighted by Crippen LogP contribution is 2.27. The van der Waals surface area contributed by atoms with Crippen molar-refractivity contribution >= 4 is 32.4 Å². The van der Waals surface area contributed by atoms with E-state index in [2.05, 4.69) is 46.5 Å². The molecule has 6 nitrogen and oxygen atoms in total. The summed E-state index contributed by atoms with van der Waals surface area (Å²) < 4.78 is 28.4. The predicted molar refractivity (Wildman–Crippen MR) is 126 cm³/mol. The van der Waals surface area contributed by atoms with E-state index in [1.807, 2.05) is 24.3 Å². The molecule has 0 bridgehead atoms. The van der Waals surface area contributed by atoms with Gasteiger partial charge < -0.3 is 4.57 Å². The van der Waals surface area contributed by atoms with Crippen molar-refractivity contribution in [2.45, 2.75) is 31.0 Å². The maximum absolute atomic E-state index is 12.5. The van der Waals surface area contributed by atoms with Crippen molar-refractivity contribution in [2.75, 3.05) is 14.1 Å². The Morgan fingerprint density at radius 1 is 1.10 bits per heavy atom. The number of hydrogen-bond acceptors (Lipinski definition) is 5. The largest absolute Gasteiger partial charge is 0.327 e. The minimum Gasteiger partial charge on any atom is -0.327 e. The summed E-state index contributed by atoms with van der Waals surface area (Å²) in [5.74, 6) is 0.884. The van der Waals surface area contributed by atoms with E-state index in [0.29, 0.717) is 12.1 Å². The number of aromatic nitrogens is 2. The number of benzene rings is 2. The average Bonchev–Trinajstić information content (AvgIpc) is 3.41. The Morgan fingerprint density at radius 3 is 2.52 bits per heavy atom. The van der Waals surface area contributed by atoms with Crippen LogP contribution in [0.2, 0.25) is 0 Å². The zero-order valence-corrected chi connectivity index (χ0v) is 19.5. The minimum atomic E-state index is -3.50. The lowest BCUT2D eigenvalue weighted by Gasteiger charge is -2.18. The summed E-state index contributed by atoms with van der Waals surface area (Å²) in [6, 6.07) is 19.8. The number of aryl methyl sites for hydroxylation is 1. The lowest BCUT2D eigenvalue weighted by Crippen LogP contribution is -2.23. The van der Waals surface area contributed by atoms with E-state index in [1.165, 1.54) is 28.8 Å². The van der Waals surface area contributed by atoms with E-state index >= 15 is 0 Å². The summed E-state index contributed by atoms with van der Waals surface area (Å²) in [6.45, 7) is 3.39. The highest BCUT2D eigenvalue weighted by atomic mass is 32.2. The third-order valence-corrected chi connectivity index (χ3v) is 8.07. The number of nitrogens with one attached hydrogen (secondary N) is 1. The Bertz CT molecular complexity index is 1260. The van der Waals surface area contributed by atoms with Crippen LogP contribution in [0, 0.1) is 0 Å². The molecule has 31 heavy (non-hydrogen) atoms. The van der Waals surface area contributed by atoms with Gasteiger partial charge in [-0.2, -0.15) is 0 Å². The normalized spacial score (nSPS) is 13.2. The van der Waals surface area contributed by atoms with Gasteiger partial charge in [-0.05, 0) is 42.1 Å². The summed E-state index contributed by atoms with van der Waals surface area (Å²) in [6.07, 6.45) is 0. The number of fused-ring (bicyclic) bond motifs is 1. The zero-order valence-electron chi connectivity index (χ0n) is 17.8. The van der Waals surface area contributed by atoms with Crippen molar-refractivity contribution in [3.05, 3.63) is 82.3 Å². The van der Waals surface area contributed by atoms with Gasteiger partial charge in [0.25, 0.3) is 0 Å². The molecule has 0 aliphatic carbocycles. The molecular formula is C23H26N4O2S2. The van der Waals surface area contributed by atoms with E-state index in [0.717, 1.165) is 17.9 Å². The topological polar surface area (TPSA) is 67.2 Å². The molecule has 162 valence electrons. The smallest absolute Gasteiger partial charge is 0.242 e. The first kappa shape index (κ1) is 21.7. The van der Waals surface area contributed by atoms with Crippen LogP contribution in [0.1, 0.15) is 29.2 Å². The molecule has 1 atom stereocenters. The molecule has 0 spiro atoms. The van der Waals surface area contributed by atoms with Crippen LogP contribution < -0.4 is 5.32 Å². The van der Waals surface area contributed by atoms with Crippen molar-refractivity contribution < 1.29 is 8.42 Å². The molecule has 0 amide bonds. The second-order valence-electron chi connectivity index (χ2n) is 7.45. The summed E-state index contributed by atoms with van der Waals surface area (Å²) in [5.41, 5.74) is 2.82. The predicted octanol–water partition coefficient (Wildman–Crippen LogP) is 4.25. The molecule has 0 radical (unpaired) electrons. The Morgan fingerprint density at radius 2 is 1.87 bits per heavy atom. The summed E-state index contributed by atoms with van der Waals surface area (Å²) in [5, 5.41) is 5.74.